The quantitative estimate of drug-likeness (QED) is 0.652. The zero-order valence-electron chi connectivity index (χ0n) is 7.86. The molecule has 0 saturated carbocycles. The third-order valence-corrected chi connectivity index (χ3v) is 2.26. The highest BCUT2D eigenvalue weighted by molar-refractivity contribution is 5.74. The lowest BCUT2D eigenvalue weighted by Gasteiger charge is -2.11. The number of hydrogen-bond donors (Lipinski definition) is 1. The van der Waals surface area contributed by atoms with Crippen molar-refractivity contribution in [3.8, 4) is 0 Å². The first-order valence-corrected chi connectivity index (χ1v) is 4.61. The standard InChI is InChI=1S/C9H16O4/c1-12-9(11)8(10)5-4-7-3-2-6-13-7/h7-8,10H,2-6H2,1H3. The van der Waals surface area contributed by atoms with E-state index >= 15 is 0 Å². The number of carbonyl (C=O) groups excluding carboxylic acids is 1. The Morgan fingerprint density at radius 1 is 1.77 bits per heavy atom. The molecule has 1 fully saturated rings. The molecule has 76 valence electrons. The maximum absolute atomic E-state index is 10.8. The van der Waals surface area contributed by atoms with Crippen LogP contribution in [0.4, 0.5) is 0 Å². The van der Waals surface area contributed by atoms with Crippen LogP contribution >= 0.6 is 0 Å². The van der Waals surface area contributed by atoms with Crippen LogP contribution in [0.3, 0.4) is 0 Å². The van der Waals surface area contributed by atoms with Crippen molar-refractivity contribution in [1.82, 2.24) is 0 Å². The van der Waals surface area contributed by atoms with E-state index in [-0.39, 0.29) is 6.10 Å². The molecule has 0 spiro atoms. The zero-order chi connectivity index (χ0) is 9.68. The fourth-order valence-corrected chi connectivity index (χ4v) is 1.47. The fraction of sp³-hybridized carbons (Fsp3) is 0.889. The molecule has 1 N–H and O–H groups in total. The minimum atomic E-state index is -0.991. The zero-order valence-corrected chi connectivity index (χ0v) is 7.86. The van der Waals surface area contributed by atoms with E-state index in [1.165, 1.54) is 7.11 Å². The summed E-state index contributed by atoms with van der Waals surface area (Å²) in [5.74, 6) is -0.557. The topological polar surface area (TPSA) is 55.8 Å². The van der Waals surface area contributed by atoms with Crippen LogP contribution in [0.1, 0.15) is 25.7 Å². The van der Waals surface area contributed by atoms with Gasteiger partial charge in [0.2, 0.25) is 0 Å². The number of esters is 1. The van der Waals surface area contributed by atoms with Gasteiger partial charge in [0.25, 0.3) is 0 Å². The molecule has 13 heavy (non-hydrogen) atoms. The molecule has 4 heteroatoms. The van der Waals surface area contributed by atoms with Crippen molar-refractivity contribution in [2.75, 3.05) is 13.7 Å². The molecular weight excluding hydrogens is 172 g/mol. The summed E-state index contributed by atoms with van der Waals surface area (Å²) in [7, 11) is 1.28. The average molecular weight is 188 g/mol. The van der Waals surface area contributed by atoms with E-state index in [2.05, 4.69) is 4.74 Å². The maximum atomic E-state index is 10.8. The Bertz CT molecular complexity index is 163. The SMILES string of the molecule is COC(=O)C(O)CCC1CCCO1. The fourth-order valence-electron chi connectivity index (χ4n) is 1.47. The summed E-state index contributed by atoms with van der Waals surface area (Å²) in [5, 5.41) is 9.25. The first kappa shape index (κ1) is 10.5. The van der Waals surface area contributed by atoms with E-state index < -0.39 is 12.1 Å². The monoisotopic (exact) mass is 188 g/mol. The summed E-state index contributed by atoms with van der Waals surface area (Å²) in [4.78, 5) is 10.8. The first-order valence-electron chi connectivity index (χ1n) is 4.61. The first-order chi connectivity index (χ1) is 6.24. The molecule has 0 aromatic carbocycles. The van der Waals surface area contributed by atoms with Crippen LogP contribution in [-0.2, 0) is 14.3 Å². The molecule has 0 bridgehead atoms. The Morgan fingerprint density at radius 3 is 3.08 bits per heavy atom. The minimum absolute atomic E-state index is 0.222. The second kappa shape index (κ2) is 5.19. The van der Waals surface area contributed by atoms with Crippen molar-refractivity contribution in [2.45, 2.75) is 37.9 Å². The predicted octanol–water partition coefficient (Wildman–Crippen LogP) is 0.479. The Labute approximate surface area is 77.8 Å². The van der Waals surface area contributed by atoms with Crippen LogP contribution in [0.5, 0.6) is 0 Å². The van der Waals surface area contributed by atoms with Crippen molar-refractivity contribution in [3.63, 3.8) is 0 Å². The van der Waals surface area contributed by atoms with Crippen LogP contribution in [0.15, 0.2) is 0 Å². The molecule has 2 atom stereocenters. The van der Waals surface area contributed by atoms with Gasteiger partial charge in [-0.1, -0.05) is 0 Å². The summed E-state index contributed by atoms with van der Waals surface area (Å²) in [6, 6.07) is 0. The molecule has 0 aliphatic carbocycles. The Hall–Kier alpha value is -0.610. The maximum Gasteiger partial charge on any atom is 0.334 e. The normalized spacial score (nSPS) is 24.3. The lowest BCUT2D eigenvalue weighted by molar-refractivity contribution is -0.150. The molecule has 0 aromatic rings. The van der Waals surface area contributed by atoms with Gasteiger partial charge in [-0.05, 0) is 25.7 Å². The summed E-state index contributed by atoms with van der Waals surface area (Å²) in [6.45, 7) is 0.805. The van der Waals surface area contributed by atoms with Crippen LogP contribution in [-0.4, -0.2) is 37.0 Å². The highest BCUT2D eigenvalue weighted by Gasteiger charge is 2.20. The molecule has 0 aromatic heterocycles. The summed E-state index contributed by atoms with van der Waals surface area (Å²) >= 11 is 0. The number of aliphatic hydroxyl groups is 1. The van der Waals surface area contributed by atoms with Gasteiger partial charge in [-0.2, -0.15) is 0 Å². The van der Waals surface area contributed by atoms with Gasteiger partial charge in [-0.15, -0.1) is 0 Å². The molecule has 0 radical (unpaired) electrons. The predicted molar refractivity (Wildman–Crippen MR) is 46.2 cm³/mol. The molecule has 2 unspecified atom stereocenters. The van der Waals surface area contributed by atoms with E-state index in [9.17, 15) is 9.90 Å². The van der Waals surface area contributed by atoms with Crippen LogP contribution < -0.4 is 0 Å². The lowest BCUT2D eigenvalue weighted by Crippen LogP contribution is -2.23. The summed E-state index contributed by atoms with van der Waals surface area (Å²) in [6.07, 6.45) is 2.51. The summed E-state index contributed by atoms with van der Waals surface area (Å²) < 4.78 is 9.75. The molecule has 1 aliphatic rings. The molecule has 1 saturated heterocycles. The van der Waals surface area contributed by atoms with Gasteiger partial charge in [0.1, 0.15) is 0 Å². The van der Waals surface area contributed by atoms with Gasteiger partial charge in [-0.3, -0.25) is 0 Å². The third kappa shape index (κ3) is 3.32. The second-order valence-electron chi connectivity index (χ2n) is 3.25. The molecule has 1 rings (SSSR count). The molecule has 0 amide bonds. The van der Waals surface area contributed by atoms with E-state index in [0.717, 1.165) is 25.9 Å². The van der Waals surface area contributed by atoms with Crippen molar-refractivity contribution in [2.24, 2.45) is 0 Å². The van der Waals surface area contributed by atoms with E-state index in [1.807, 2.05) is 0 Å². The van der Waals surface area contributed by atoms with Crippen LogP contribution in [0.25, 0.3) is 0 Å². The largest absolute Gasteiger partial charge is 0.467 e. The number of ether oxygens (including phenoxy) is 2. The highest BCUT2D eigenvalue weighted by atomic mass is 16.5. The Balaban J connectivity index is 2.13. The molecule has 4 nitrogen and oxygen atoms in total. The van der Waals surface area contributed by atoms with Gasteiger partial charge in [-0.25, -0.2) is 4.79 Å². The third-order valence-electron chi connectivity index (χ3n) is 2.26. The van der Waals surface area contributed by atoms with Crippen molar-refractivity contribution in [3.05, 3.63) is 0 Å². The smallest absolute Gasteiger partial charge is 0.334 e. The average Bonchev–Trinajstić information content (AvgIpc) is 2.65. The van der Waals surface area contributed by atoms with Crippen LogP contribution in [0.2, 0.25) is 0 Å². The van der Waals surface area contributed by atoms with E-state index in [0.29, 0.717) is 6.42 Å². The second-order valence-corrected chi connectivity index (χ2v) is 3.25. The number of rotatable bonds is 4. The Morgan fingerprint density at radius 2 is 2.54 bits per heavy atom. The molecule has 1 heterocycles. The molecule has 1 aliphatic heterocycles. The lowest BCUT2D eigenvalue weighted by atomic mass is 10.1. The van der Waals surface area contributed by atoms with Gasteiger partial charge in [0, 0.05) is 6.61 Å². The number of carbonyl (C=O) groups is 1. The summed E-state index contributed by atoms with van der Waals surface area (Å²) in [5.41, 5.74) is 0. The van der Waals surface area contributed by atoms with E-state index in [1.54, 1.807) is 0 Å². The van der Waals surface area contributed by atoms with Crippen LogP contribution in [0, 0.1) is 0 Å². The van der Waals surface area contributed by atoms with Crippen molar-refractivity contribution in [1.29, 1.82) is 0 Å². The van der Waals surface area contributed by atoms with Gasteiger partial charge < -0.3 is 14.6 Å². The Kier molecular flexibility index (Phi) is 4.18. The van der Waals surface area contributed by atoms with E-state index in [4.69, 9.17) is 4.74 Å². The molecular formula is C9H16O4. The van der Waals surface area contributed by atoms with Gasteiger partial charge in [0.15, 0.2) is 6.10 Å². The van der Waals surface area contributed by atoms with Crippen molar-refractivity contribution < 1.29 is 19.4 Å². The van der Waals surface area contributed by atoms with Gasteiger partial charge in [0.05, 0.1) is 13.2 Å². The number of hydrogen-bond acceptors (Lipinski definition) is 4. The minimum Gasteiger partial charge on any atom is -0.467 e. The number of methoxy groups -OCH3 is 1. The highest BCUT2D eigenvalue weighted by Crippen LogP contribution is 2.17. The van der Waals surface area contributed by atoms with Crippen molar-refractivity contribution >= 4 is 5.97 Å². The van der Waals surface area contributed by atoms with Gasteiger partial charge >= 0.3 is 5.97 Å². The number of aliphatic hydroxyl groups excluding tert-OH is 1.